The van der Waals surface area contributed by atoms with Crippen LogP contribution in [-0.4, -0.2) is 16.0 Å². The fourth-order valence-corrected chi connectivity index (χ4v) is 1.19. The van der Waals surface area contributed by atoms with Crippen molar-refractivity contribution >= 4 is 17.3 Å². The van der Waals surface area contributed by atoms with Crippen LogP contribution in [0.15, 0.2) is 23.4 Å². The number of phenolic OH excluding ortho intramolecular Hbond substituents is 1. The fraction of sp³-hybridized carbons (Fsp3) is 0.222. The van der Waals surface area contributed by atoms with Crippen LogP contribution in [0.4, 0.5) is 0 Å². The predicted octanol–water partition coefficient (Wildman–Crippen LogP) is 2.44. The molecule has 0 heterocycles. The topological polar surface area (TPSA) is 52.8 Å². The molecule has 0 aliphatic heterocycles. The maximum absolute atomic E-state index is 9.12. The van der Waals surface area contributed by atoms with Crippen molar-refractivity contribution in [3.05, 3.63) is 28.8 Å². The van der Waals surface area contributed by atoms with E-state index in [2.05, 4.69) is 5.16 Å². The second-order valence-electron chi connectivity index (χ2n) is 2.80. The number of oxime groups is 1. The first kappa shape index (κ1) is 9.86. The Morgan fingerprint density at radius 1 is 1.54 bits per heavy atom. The maximum Gasteiger partial charge on any atom is 0.134 e. The molecular formula is C9H10ClNO2. The van der Waals surface area contributed by atoms with Crippen LogP contribution in [-0.2, 0) is 6.42 Å². The minimum Gasteiger partial charge on any atom is -0.506 e. The highest BCUT2D eigenvalue weighted by atomic mass is 35.5. The Morgan fingerprint density at radius 3 is 2.77 bits per heavy atom. The van der Waals surface area contributed by atoms with Crippen molar-refractivity contribution in [1.29, 1.82) is 0 Å². The molecule has 0 aromatic heterocycles. The normalized spacial score (nSPS) is 11.7. The summed E-state index contributed by atoms with van der Waals surface area (Å²) in [5, 5.41) is 20.9. The Labute approximate surface area is 81.3 Å². The van der Waals surface area contributed by atoms with Crippen molar-refractivity contribution in [3.8, 4) is 5.75 Å². The lowest BCUT2D eigenvalue weighted by molar-refractivity contribution is 0.317. The second-order valence-corrected chi connectivity index (χ2v) is 3.21. The molecule has 2 N–H and O–H groups in total. The van der Waals surface area contributed by atoms with Gasteiger partial charge in [0, 0.05) is 6.42 Å². The van der Waals surface area contributed by atoms with E-state index in [1.807, 2.05) is 0 Å². The summed E-state index contributed by atoms with van der Waals surface area (Å²) in [7, 11) is 0. The first-order chi connectivity index (χ1) is 6.13. The number of halogens is 1. The molecule has 0 saturated carbocycles. The third-order valence-corrected chi connectivity index (χ3v) is 1.95. The van der Waals surface area contributed by atoms with Gasteiger partial charge < -0.3 is 10.3 Å². The Balaban J connectivity index is 2.86. The molecule has 13 heavy (non-hydrogen) atoms. The average Bonchev–Trinajstić information content (AvgIpc) is 2.11. The Morgan fingerprint density at radius 2 is 2.23 bits per heavy atom. The first-order valence-electron chi connectivity index (χ1n) is 3.78. The number of hydrogen-bond donors (Lipinski definition) is 2. The molecule has 1 aromatic carbocycles. The van der Waals surface area contributed by atoms with E-state index in [4.69, 9.17) is 21.9 Å². The van der Waals surface area contributed by atoms with Gasteiger partial charge in [-0.25, -0.2) is 0 Å². The van der Waals surface area contributed by atoms with Gasteiger partial charge in [-0.3, -0.25) is 0 Å². The van der Waals surface area contributed by atoms with E-state index in [-0.39, 0.29) is 5.75 Å². The number of phenols is 1. The molecule has 0 amide bonds. The van der Waals surface area contributed by atoms with Crippen LogP contribution in [0, 0.1) is 0 Å². The zero-order valence-corrected chi connectivity index (χ0v) is 7.91. The molecule has 0 unspecified atom stereocenters. The van der Waals surface area contributed by atoms with Gasteiger partial charge in [0.2, 0.25) is 0 Å². The monoisotopic (exact) mass is 199 g/mol. The van der Waals surface area contributed by atoms with Crippen LogP contribution < -0.4 is 0 Å². The lowest BCUT2D eigenvalue weighted by Crippen LogP contribution is -1.96. The van der Waals surface area contributed by atoms with Gasteiger partial charge in [-0.15, -0.1) is 0 Å². The highest BCUT2D eigenvalue weighted by molar-refractivity contribution is 6.32. The van der Waals surface area contributed by atoms with Crippen molar-refractivity contribution in [2.75, 3.05) is 0 Å². The van der Waals surface area contributed by atoms with Crippen LogP contribution in [0.1, 0.15) is 12.5 Å². The van der Waals surface area contributed by atoms with E-state index < -0.39 is 0 Å². The van der Waals surface area contributed by atoms with Crippen LogP contribution in [0.3, 0.4) is 0 Å². The van der Waals surface area contributed by atoms with Crippen LogP contribution in [0.2, 0.25) is 5.02 Å². The van der Waals surface area contributed by atoms with E-state index in [1.54, 1.807) is 19.1 Å². The smallest absolute Gasteiger partial charge is 0.134 e. The maximum atomic E-state index is 9.12. The summed E-state index contributed by atoms with van der Waals surface area (Å²) >= 11 is 5.69. The van der Waals surface area contributed by atoms with Gasteiger partial charge in [0.05, 0.1) is 10.7 Å². The van der Waals surface area contributed by atoms with E-state index >= 15 is 0 Å². The van der Waals surface area contributed by atoms with Crippen LogP contribution in [0.5, 0.6) is 5.75 Å². The van der Waals surface area contributed by atoms with Gasteiger partial charge in [0.1, 0.15) is 5.75 Å². The highest BCUT2D eigenvalue weighted by Crippen LogP contribution is 2.23. The minimum absolute atomic E-state index is 0.0593. The minimum atomic E-state index is 0.0593. The second kappa shape index (κ2) is 4.14. The molecule has 0 atom stereocenters. The molecule has 0 radical (unpaired) electrons. The highest BCUT2D eigenvalue weighted by Gasteiger charge is 2.01. The van der Waals surface area contributed by atoms with Gasteiger partial charge in [-0.05, 0) is 24.6 Å². The third-order valence-electron chi connectivity index (χ3n) is 1.64. The van der Waals surface area contributed by atoms with Gasteiger partial charge in [-0.2, -0.15) is 0 Å². The van der Waals surface area contributed by atoms with Crippen molar-refractivity contribution in [3.63, 3.8) is 0 Å². The summed E-state index contributed by atoms with van der Waals surface area (Å²) in [4.78, 5) is 0. The zero-order valence-electron chi connectivity index (χ0n) is 7.16. The van der Waals surface area contributed by atoms with Crippen molar-refractivity contribution < 1.29 is 10.3 Å². The lowest BCUT2D eigenvalue weighted by atomic mass is 10.1. The molecule has 0 saturated heterocycles. The average molecular weight is 200 g/mol. The molecule has 3 nitrogen and oxygen atoms in total. The lowest BCUT2D eigenvalue weighted by Gasteiger charge is -2.01. The van der Waals surface area contributed by atoms with E-state index in [0.717, 1.165) is 5.56 Å². The van der Waals surface area contributed by atoms with Gasteiger partial charge in [0.25, 0.3) is 0 Å². The van der Waals surface area contributed by atoms with Crippen LogP contribution in [0.25, 0.3) is 0 Å². The fourth-order valence-electron chi connectivity index (χ4n) is 0.991. The molecule has 0 aliphatic carbocycles. The third kappa shape index (κ3) is 2.63. The summed E-state index contributed by atoms with van der Waals surface area (Å²) < 4.78 is 0. The summed E-state index contributed by atoms with van der Waals surface area (Å²) in [5.41, 5.74) is 1.50. The summed E-state index contributed by atoms with van der Waals surface area (Å²) in [6, 6.07) is 4.89. The predicted molar refractivity (Wildman–Crippen MR) is 51.7 cm³/mol. The molecule has 0 bridgehead atoms. The van der Waals surface area contributed by atoms with Gasteiger partial charge >= 0.3 is 0 Å². The van der Waals surface area contributed by atoms with Gasteiger partial charge in [0.15, 0.2) is 0 Å². The molecule has 1 rings (SSSR count). The molecular weight excluding hydrogens is 190 g/mol. The number of rotatable bonds is 2. The van der Waals surface area contributed by atoms with E-state index in [9.17, 15) is 0 Å². The summed E-state index contributed by atoms with van der Waals surface area (Å²) in [6.45, 7) is 1.71. The van der Waals surface area contributed by atoms with E-state index in [0.29, 0.717) is 17.2 Å². The Hall–Kier alpha value is -1.22. The summed E-state index contributed by atoms with van der Waals surface area (Å²) in [6.07, 6.45) is 0.524. The van der Waals surface area contributed by atoms with Gasteiger partial charge in [-0.1, -0.05) is 22.8 Å². The molecule has 0 aliphatic rings. The quantitative estimate of drug-likeness (QED) is 0.437. The summed E-state index contributed by atoms with van der Waals surface area (Å²) in [5.74, 6) is 0.0593. The molecule has 0 fully saturated rings. The zero-order chi connectivity index (χ0) is 9.84. The van der Waals surface area contributed by atoms with Crippen molar-refractivity contribution in [2.45, 2.75) is 13.3 Å². The number of benzene rings is 1. The Bertz CT molecular complexity index is 336. The Kier molecular flexibility index (Phi) is 3.14. The number of nitrogens with zero attached hydrogens (tertiary/aromatic N) is 1. The standard InChI is InChI=1S/C9H10ClNO2/c1-6(11-13)4-7-2-3-9(12)8(10)5-7/h2-3,5,12-13H,4H2,1H3/b11-6-. The molecule has 4 heteroatoms. The molecule has 0 spiro atoms. The van der Waals surface area contributed by atoms with Crippen molar-refractivity contribution in [2.24, 2.45) is 5.16 Å². The number of aromatic hydroxyl groups is 1. The molecule has 70 valence electrons. The number of hydrogen-bond acceptors (Lipinski definition) is 3. The van der Waals surface area contributed by atoms with E-state index in [1.165, 1.54) is 6.07 Å². The SMILES string of the molecule is C/C(Cc1ccc(O)c(Cl)c1)=N/O. The van der Waals surface area contributed by atoms with Crippen LogP contribution >= 0.6 is 11.6 Å². The van der Waals surface area contributed by atoms with Crippen molar-refractivity contribution in [1.82, 2.24) is 0 Å². The largest absolute Gasteiger partial charge is 0.506 e. The molecule has 1 aromatic rings. The first-order valence-corrected chi connectivity index (χ1v) is 4.16.